The minimum atomic E-state index is -0.640. The van der Waals surface area contributed by atoms with Gasteiger partial charge in [-0.1, -0.05) is 54.2 Å². The molecule has 176 valence electrons. The number of aromatic nitrogens is 4. The Bertz CT molecular complexity index is 1200. The Hall–Kier alpha value is -3.86. The Morgan fingerprint density at radius 2 is 1.85 bits per heavy atom. The molecule has 2 N–H and O–H groups in total. The summed E-state index contributed by atoms with van der Waals surface area (Å²) in [5.74, 6) is 0.382. The monoisotopic (exact) mass is 480 g/mol. The van der Waals surface area contributed by atoms with Gasteiger partial charge in [0.05, 0.1) is 24.8 Å². The topological polar surface area (TPSA) is 120 Å². The van der Waals surface area contributed by atoms with Gasteiger partial charge in [-0.2, -0.15) is 4.68 Å². The second-order valence-corrected chi connectivity index (χ2v) is 8.06. The SMILES string of the molecule is CCOC(=O)C1=C(CSc2nnnn2-c2ccccc2OCC)NC(=O)N[C@H]1c1ccccc1. The minimum absolute atomic E-state index is 0.213. The fourth-order valence-electron chi connectivity index (χ4n) is 3.54. The molecule has 2 aromatic carbocycles. The van der Waals surface area contributed by atoms with E-state index >= 15 is 0 Å². The molecule has 0 saturated heterocycles. The number of para-hydroxylation sites is 2. The number of amides is 2. The Kier molecular flexibility index (Phi) is 7.43. The summed E-state index contributed by atoms with van der Waals surface area (Å²) in [7, 11) is 0. The number of carbonyl (C=O) groups excluding carboxylic acids is 2. The molecule has 1 aromatic heterocycles. The molecule has 0 saturated carbocycles. The van der Waals surface area contributed by atoms with E-state index in [4.69, 9.17) is 9.47 Å². The molecule has 0 spiro atoms. The van der Waals surface area contributed by atoms with Gasteiger partial charge in [0.15, 0.2) is 0 Å². The first kappa shape index (κ1) is 23.3. The number of hydrogen-bond donors (Lipinski definition) is 2. The van der Waals surface area contributed by atoms with Crippen LogP contribution in [0.5, 0.6) is 5.75 Å². The van der Waals surface area contributed by atoms with Crippen molar-refractivity contribution in [3.05, 3.63) is 71.4 Å². The van der Waals surface area contributed by atoms with E-state index in [0.717, 1.165) is 5.56 Å². The van der Waals surface area contributed by atoms with Crippen molar-refractivity contribution in [1.82, 2.24) is 30.8 Å². The van der Waals surface area contributed by atoms with Gasteiger partial charge in [0.2, 0.25) is 5.16 Å². The molecule has 3 aromatic rings. The largest absolute Gasteiger partial charge is 0.492 e. The third-order valence-electron chi connectivity index (χ3n) is 4.96. The van der Waals surface area contributed by atoms with Gasteiger partial charge in [0.1, 0.15) is 11.4 Å². The number of benzene rings is 2. The van der Waals surface area contributed by atoms with Crippen LogP contribution in [0.1, 0.15) is 25.5 Å². The summed E-state index contributed by atoms with van der Waals surface area (Å²) in [5.41, 5.74) is 2.24. The molecular weight excluding hydrogens is 456 g/mol. The van der Waals surface area contributed by atoms with E-state index < -0.39 is 18.0 Å². The first-order valence-corrected chi connectivity index (χ1v) is 11.8. The zero-order valence-electron chi connectivity index (χ0n) is 18.7. The molecule has 0 bridgehead atoms. The summed E-state index contributed by atoms with van der Waals surface area (Å²) in [6.45, 7) is 4.35. The predicted molar refractivity (Wildman–Crippen MR) is 126 cm³/mol. The summed E-state index contributed by atoms with van der Waals surface area (Å²) < 4.78 is 12.6. The van der Waals surface area contributed by atoms with Crippen molar-refractivity contribution in [3.63, 3.8) is 0 Å². The molecule has 2 amide bonds. The van der Waals surface area contributed by atoms with Crippen LogP contribution in [-0.4, -0.2) is 51.2 Å². The Labute approximate surface area is 200 Å². The number of thioether (sulfide) groups is 1. The Morgan fingerprint density at radius 3 is 2.62 bits per heavy atom. The van der Waals surface area contributed by atoms with Crippen LogP contribution in [0.15, 0.2) is 71.0 Å². The van der Waals surface area contributed by atoms with Crippen molar-refractivity contribution in [2.24, 2.45) is 0 Å². The lowest BCUT2D eigenvalue weighted by atomic mass is 9.95. The van der Waals surface area contributed by atoms with Crippen LogP contribution in [0, 0.1) is 0 Å². The average Bonchev–Trinajstić information content (AvgIpc) is 3.32. The highest BCUT2D eigenvalue weighted by Crippen LogP contribution is 2.31. The zero-order valence-corrected chi connectivity index (χ0v) is 19.5. The third kappa shape index (κ3) is 5.04. The van der Waals surface area contributed by atoms with Gasteiger partial charge in [-0.3, -0.25) is 0 Å². The van der Waals surface area contributed by atoms with E-state index in [1.165, 1.54) is 11.8 Å². The van der Waals surface area contributed by atoms with Crippen LogP contribution >= 0.6 is 11.8 Å². The van der Waals surface area contributed by atoms with Crippen molar-refractivity contribution in [1.29, 1.82) is 0 Å². The van der Waals surface area contributed by atoms with E-state index in [1.54, 1.807) is 11.6 Å². The molecule has 0 radical (unpaired) electrons. The molecule has 4 rings (SSSR count). The van der Waals surface area contributed by atoms with Gasteiger partial charge in [0, 0.05) is 11.4 Å². The Balaban J connectivity index is 1.67. The smallest absolute Gasteiger partial charge is 0.338 e. The highest BCUT2D eigenvalue weighted by atomic mass is 32.2. The molecule has 1 atom stereocenters. The number of esters is 1. The van der Waals surface area contributed by atoms with Crippen LogP contribution in [0.25, 0.3) is 5.69 Å². The quantitative estimate of drug-likeness (QED) is 0.354. The number of hydrogen-bond acceptors (Lipinski definition) is 8. The van der Waals surface area contributed by atoms with Gasteiger partial charge >= 0.3 is 12.0 Å². The van der Waals surface area contributed by atoms with Crippen molar-refractivity contribution in [3.8, 4) is 11.4 Å². The van der Waals surface area contributed by atoms with Gasteiger partial charge in [-0.15, -0.1) is 5.10 Å². The normalized spacial score (nSPS) is 15.5. The minimum Gasteiger partial charge on any atom is -0.492 e. The first-order chi connectivity index (χ1) is 16.6. The molecule has 1 aliphatic heterocycles. The third-order valence-corrected chi connectivity index (χ3v) is 5.91. The molecular formula is C23H24N6O4S. The summed E-state index contributed by atoms with van der Waals surface area (Å²) in [4.78, 5) is 25.4. The lowest BCUT2D eigenvalue weighted by molar-refractivity contribution is -0.139. The van der Waals surface area contributed by atoms with Crippen LogP contribution in [0.2, 0.25) is 0 Å². The van der Waals surface area contributed by atoms with Crippen LogP contribution in [0.3, 0.4) is 0 Å². The summed E-state index contributed by atoms with van der Waals surface area (Å²) in [6.07, 6.45) is 0. The van der Waals surface area contributed by atoms with Crippen molar-refractivity contribution in [2.45, 2.75) is 25.0 Å². The first-order valence-electron chi connectivity index (χ1n) is 10.8. The second kappa shape index (κ2) is 10.8. The zero-order chi connectivity index (χ0) is 23.9. The molecule has 11 heteroatoms. The molecule has 0 aliphatic carbocycles. The Morgan fingerprint density at radius 1 is 1.09 bits per heavy atom. The van der Waals surface area contributed by atoms with E-state index in [1.807, 2.05) is 61.5 Å². The van der Waals surface area contributed by atoms with Gasteiger partial charge in [-0.25, -0.2) is 9.59 Å². The highest BCUT2D eigenvalue weighted by Gasteiger charge is 2.33. The number of ether oxygens (including phenoxy) is 2. The highest BCUT2D eigenvalue weighted by molar-refractivity contribution is 7.99. The number of nitrogens with zero attached hydrogens (tertiary/aromatic N) is 4. The molecule has 0 unspecified atom stereocenters. The van der Waals surface area contributed by atoms with E-state index in [0.29, 0.717) is 34.5 Å². The molecule has 10 nitrogen and oxygen atoms in total. The summed E-state index contributed by atoms with van der Waals surface area (Å²) in [5, 5.41) is 18.1. The standard InChI is InChI=1S/C23H24N6O4S/c1-3-32-18-13-9-8-12-17(18)29-23(26-27-28-29)34-14-16-19(21(30)33-4-2)20(25-22(31)24-16)15-10-6-5-7-11-15/h5-13,20H,3-4,14H2,1-2H3,(H2,24,25,31)/t20-/m0/s1. The number of nitrogens with one attached hydrogen (secondary N) is 2. The fraction of sp³-hybridized carbons (Fsp3) is 0.261. The number of carbonyl (C=O) groups is 2. The van der Waals surface area contributed by atoms with E-state index in [-0.39, 0.29) is 12.4 Å². The predicted octanol–water partition coefficient (Wildman–Crippen LogP) is 3.02. The lowest BCUT2D eigenvalue weighted by Crippen LogP contribution is -2.46. The van der Waals surface area contributed by atoms with E-state index in [9.17, 15) is 9.59 Å². The molecule has 0 fully saturated rings. The van der Waals surface area contributed by atoms with Crippen molar-refractivity contribution >= 4 is 23.8 Å². The van der Waals surface area contributed by atoms with Gasteiger partial charge in [-0.05, 0) is 42.0 Å². The maximum atomic E-state index is 12.9. The number of rotatable bonds is 9. The molecule has 2 heterocycles. The van der Waals surface area contributed by atoms with Gasteiger partial charge < -0.3 is 20.1 Å². The van der Waals surface area contributed by atoms with Crippen molar-refractivity contribution in [2.75, 3.05) is 19.0 Å². The number of urea groups is 1. The van der Waals surface area contributed by atoms with Crippen LogP contribution in [-0.2, 0) is 9.53 Å². The van der Waals surface area contributed by atoms with Crippen LogP contribution < -0.4 is 15.4 Å². The summed E-state index contributed by atoms with van der Waals surface area (Å²) in [6, 6.07) is 15.7. The second-order valence-electron chi connectivity index (χ2n) is 7.12. The fourth-order valence-corrected chi connectivity index (χ4v) is 4.40. The maximum Gasteiger partial charge on any atom is 0.338 e. The lowest BCUT2D eigenvalue weighted by Gasteiger charge is -2.29. The maximum absolute atomic E-state index is 12.9. The molecule has 34 heavy (non-hydrogen) atoms. The molecule has 1 aliphatic rings. The van der Waals surface area contributed by atoms with Crippen LogP contribution in [0.4, 0.5) is 4.79 Å². The summed E-state index contributed by atoms with van der Waals surface area (Å²) >= 11 is 1.28. The van der Waals surface area contributed by atoms with E-state index in [2.05, 4.69) is 26.2 Å². The van der Waals surface area contributed by atoms with Gasteiger partial charge in [0.25, 0.3) is 0 Å². The van der Waals surface area contributed by atoms with Crippen molar-refractivity contribution < 1.29 is 19.1 Å². The average molecular weight is 481 g/mol. The number of tetrazole rings is 1.